The number of benzene rings is 1. The highest BCUT2D eigenvalue weighted by molar-refractivity contribution is 6.37. The second kappa shape index (κ2) is 5.73. The SMILES string of the molecule is CCOC(=O)C(C#N)=C1C(=O)N2c3c1cc(C)cc3C(C)CC2(C)C. The van der Waals surface area contributed by atoms with Crippen LogP contribution in [0, 0.1) is 18.3 Å². The highest BCUT2D eigenvalue weighted by Gasteiger charge is 2.48. The summed E-state index contributed by atoms with van der Waals surface area (Å²) in [6.07, 6.45) is 0.823. The van der Waals surface area contributed by atoms with Crippen LogP contribution in [0.2, 0.25) is 0 Å². The van der Waals surface area contributed by atoms with Crippen molar-refractivity contribution in [3.05, 3.63) is 34.4 Å². The molecule has 1 aromatic rings. The molecule has 0 N–H and O–H groups in total. The van der Waals surface area contributed by atoms with Crippen LogP contribution in [0.3, 0.4) is 0 Å². The second-order valence-corrected chi connectivity index (χ2v) is 7.39. The molecule has 0 radical (unpaired) electrons. The first-order valence-electron chi connectivity index (χ1n) is 8.54. The van der Waals surface area contributed by atoms with Gasteiger partial charge in [-0.1, -0.05) is 18.6 Å². The van der Waals surface area contributed by atoms with Gasteiger partial charge in [0.1, 0.15) is 6.07 Å². The molecule has 0 spiro atoms. The zero-order valence-corrected chi connectivity index (χ0v) is 15.3. The number of carbonyl (C=O) groups is 2. The van der Waals surface area contributed by atoms with Crippen molar-refractivity contribution in [3.63, 3.8) is 0 Å². The Morgan fingerprint density at radius 1 is 1.44 bits per heavy atom. The van der Waals surface area contributed by atoms with Gasteiger partial charge in [0.25, 0.3) is 5.91 Å². The lowest BCUT2D eigenvalue weighted by atomic mass is 9.80. The van der Waals surface area contributed by atoms with Crippen LogP contribution >= 0.6 is 0 Å². The van der Waals surface area contributed by atoms with Crippen molar-refractivity contribution in [1.82, 2.24) is 0 Å². The minimum Gasteiger partial charge on any atom is -0.462 e. The number of nitriles is 1. The first-order valence-corrected chi connectivity index (χ1v) is 8.54. The second-order valence-electron chi connectivity index (χ2n) is 7.39. The van der Waals surface area contributed by atoms with Crippen molar-refractivity contribution < 1.29 is 14.3 Å². The Morgan fingerprint density at radius 3 is 2.72 bits per heavy atom. The molecule has 0 bridgehead atoms. The van der Waals surface area contributed by atoms with Gasteiger partial charge < -0.3 is 9.64 Å². The molecule has 2 heterocycles. The normalized spacial score (nSPS) is 22.3. The summed E-state index contributed by atoms with van der Waals surface area (Å²) >= 11 is 0. The molecule has 0 saturated heterocycles. The summed E-state index contributed by atoms with van der Waals surface area (Å²) in [4.78, 5) is 27.2. The van der Waals surface area contributed by atoms with E-state index in [0.717, 1.165) is 23.2 Å². The first kappa shape index (κ1) is 17.2. The van der Waals surface area contributed by atoms with E-state index in [1.165, 1.54) is 0 Å². The lowest BCUT2D eigenvalue weighted by molar-refractivity contribution is -0.138. The van der Waals surface area contributed by atoms with Crippen LogP contribution in [0.4, 0.5) is 5.69 Å². The molecular weight excluding hydrogens is 316 g/mol. The Balaban J connectivity index is 2.35. The van der Waals surface area contributed by atoms with Gasteiger partial charge >= 0.3 is 5.97 Å². The largest absolute Gasteiger partial charge is 0.462 e. The molecule has 0 aliphatic carbocycles. The summed E-state index contributed by atoms with van der Waals surface area (Å²) in [5.74, 6) is -0.738. The quantitative estimate of drug-likeness (QED) is 0.470. The molecule has 1 atom stereocenters. The Morgan fingerprint density at radius 2 is 2.12 bits per heavy atom. The Hall–Kier alpha value is -2.61. The van der Waals surface area contributed by atoms with Crippen LogP contribution in [-0.2, 0) is 14.3 Å². The van der Waals surface area contributed by atoms with Crippen LogP contribution < -0.4 is 4.90 Å². The summed E-state index contributed by atoms with van der Waals surface area (Å²) < 4.78 is 5.00. The zero-order chi connectivity index (χ0) is 18.5. The van der Waals surface area contributed by atoms with Gasteiger partial charge in [-0.25, -0.2) is 4.79 Å². The smallest absolute Gasteiger partial charge is 0.349 e. The summed E-state index contributed by atoms with van der Waals surface area (Å²) in [5, 5.41) is 9.54. The highest BCUT2D eigenvalue weighted by Crippen LogP contribution is 2.52. The minimum absolute atomic E-state index is 0.156. The summed E-state index contributed by atoms with van der Waals surface area (Å²) in [6, 6.07) is 5.88. The van der Waals surface area contributed by atoms with Crippen LogP contribution in [0.5, 0.6) is 0 Å². The van der Waals surface area contributed by atoms with Gasteiger partial charge in [-0.3, -0.25) is 4.79 Å². The summed E-state index contributed by atoms with van der Waals surface area (Å²) in [7, 11) is 0. The number of ether oxygens (including phenoxy) is 1. The fourth-order valence-corrected chi connectivity index (χ4v) is 4.13. The number of amides is 1. The van der Waals surface area contributed by atoms with Gasteiger partial charge in [0.05, 0.1) is 17.9 Å². The monoisotopic (exact) mass is 338 g/mol. The molecule has 1 amide bonds. The Labute approximate surface area is 147 Å². The van der Waals surface area contributed by atoms with Crippen molar-refractivity contribution in [1.29, 1.82) is 5.26 Å². The van der Waals surface area contributed by atoms with E-state index in [2.05, 4.69) is 13.0 Å². The van der Waals surface area contributed by atoms with Gasteiger partial charge in [-0.05, 0) is 51.7 Å². The van der Waals surface area contributed by atoms with Gasteiger partial charge in [0.15, 0.2) is 5.57 Å². The Bertz CT molecular complexity index is 858. The van der Waals surface area contributed by atoms with E-state index in [0.29, 0.717) is 11.5 Å². The van der Waals surface area contributed by atoms with Crippen LogP contribution in [0.25, 0.3) is 5.57 Å². The maximum atomic E-state index is 13.2. The molecule has 0 fully saturated rings. The van der Waals surface area contributed by atoms with Gasteiger partial charge in [-0.2, -0.15) is 5.26 Å². The predicted octanol–water partition coefficient (Wildman–Crippen LogP) is 3.47. The van der Waals surface area contributed by atoms with Crippen molar-refractivity contribution in [2.45, 2.75) is 52.5 Å². The zero-order valence-electron chi connectivity index (χ0n) is 15.3. The Kier molecular flexibility index (Phi) is 3.95. The highest BCUT2D eigenvalue weighted by atomic mass is 16.5. The molecule has 0 aromatic heterocycles. The van der Waals surface area contributed by atoms with Crippen LogP contribution in [-0.4, -0.2) is 24.0 Å². The minimum atomic E-state index is -0.741. The predicted molar refractivity (Wildman–Crippen MR) is 94.9 cm³/mol. The van der Waals surface area contributed by atoms with E-state index >= 15 is 0 Å². The molecule has 130 valence electrons. The third kappa shape index (κ3) is 2.44. The van der Waals surface area contributed by atoms with E-state index in [-0.39, 0.29) is 29.2 Å². The van der Waals surface area contributed by atoms with Gasteiger partial charge in [0.2, 0.25) is 0 Å². The molecule has 3 rings (SSSR count). The van der Waals surface area contributed by atoms with E-state index < -0.39 is 5.97 Å². The molecule has 1 unspecified atom stereocenters. The van der Waals surface area contributed by atoms with Crippen molar-refractivity contribution in [2.24, 2.45) is 0 Å². The summed E-state index contributed by atoms with van der Waals surface area (Å²) in [6.45, 7) is 9.99. The van der Waals surface area contributed by atoms with E-state index in [9.17, 15) is 14.9 Å². The maximum Gasteiger partial charge on any atom is 0.349 e. The third-order valence-electron chi connectivity index (χ3n) is 4.98. The fraction of sp³-hybridized carbons (Fsp3) is 0.450. The molecule has 5 nitrogen and oxygen atoms in total. The topological polar surface area (TPSA) is 70.4 Å². The van der Waals surface area contributed by atoms with Crippen LogP contribution in [0.15, 0.2) is 17.7 Å². The van der Waals surface area contributed by atoms with E-state index in [1.807, 2.05) is 32.9 Å². The molecule has 1 aromatic carbocycles. The summed E-state index contributed by atoms with van der Waals surface area (Å²) in [5.41, 5.74) is 3.19. The lowest BCUT2D eigenvalue weighted by Crippen LogP contribution is -2.49. The molecule has 25 heavy (non-hydrogen) atoms. The van der Waals surface area contributed by atoms with Gasteiger partial charge in [0, 0.05) is 11.1 Å². The number of carbonyl (C=O) groups excluding carboxylic acids is 2. The average molecular weight is 338 g/mol. The number of esters is 1. The van der Waals surface area contributed by atoms with Crippen molar-refractivity contribution in [3.8, 4) is 6.07 Å². The third-order valence-corrected chi connectivity index (χ3v) is 4.98. The number of rotatable bonds is 2. The average Bonchev–Trinajstić information content (AvgIpc) is 2.80. The van der Waals surface area contributed by atoms with Crippen molar-refractivity contribution in [2.75, 3.05) is 11.5 Å². The first-order chi connectivity index (χ1) is 11.7. The molecule has 5 heteroatoms. The molecule has 2 aliphatic heterocycles. The number of hydrogen-bond donors (Lipinski definition) is 0. The molecular formula is C20H22N2O3. The maximum absolute atomic E-state index is 13.2. The lowest BCUT2D eigenvalue weighted by Gasteiger charge is -2.43. The van der Waals surface area contributed by atoms with Crippen molar-refractivity contribution >= 4 is 23.1 Å². The van der Waals surface area contributed by atoms with Gasteiger partial charge in [-0.15, -0.1) is 0 Å². The number of hydrogen-bond acceptors (Lipinski definition) is 4. The fourth-order valence-electron chi connectivity index (χ4n) is 4.13. The molecule has 0 saturated carbocycles. The standard InChI is InChI=1S/C20H22N2O3/c1-6-25-19(24)15(10-21)16-14-8-11(2)7-13-12(3)9-20(4,5)22(17(13)14)18(16)23/h7-8,12H,6,9H2,1-5H3. The number of nitrogens with zero attached hydrogens (tertiary/aromatic N) is 2. The molecule has 2 aliphatic rings. The van der Waals surface area contributed by atoms with E-state index in [1.54, 1.807) is 11.8 Å². The number of aryl methyl sites for hydroxylation is 1. The van der Waals surface area contributed by atoms with E-state index in [4.69, 9.17) is 4.74 Å². The van der Waals surface area contributed by atoms with Crippen LogP contribution in [0.1, 0.15) is 56.7 Å². The number of anilines is 1.